The highest BCUT2D eigenvalue weighted by Crippen LogP contribution is 2.35. The maximum Gasteiger partial charge on any atom is 0.295 e. The van der Waals surface area contributed by atoms with Crippen LogP contribution in [-0.4, -0.2) is 13.4 Å². The second-order valence-corrected chi connectivity index (χ2v) is 11.5. The van der Waals surface area contributed by atoms with Gasteiger partial charge in [0.15, 0.2) is 0 Å². The van der Waals surface area contributed by atoms with Crippen LogP contribution in [0.25, 0.3) is 11.0 Å². The second kappa shape index (κ2) is 8.81. The van der Waals surface area contributed by atoms with E-state index in [0.717, 1.165) is 21.5 Å². The van der Waals surface area contributed by atoms with Gasteiger partial charge in [0.05, 0.1) is 5.69 Å². The monoisotopic (exact) mass is 486 g/mol. The number of para-hydroxylation sites is 1. The normalized spacial score (nSPS) is 12.2. The number of furan rings is 1. The predicted octanol–water partition coefficient (Wildman–Crippen LogP) is 6.87. The molecular formula is C24H23ClN2O3S2. The van der Waals surface area contributed by atoms with Crippen LogP contribution in [0.1, 0.15) is 32.0 Å². The lowest BCUT2D eigenvalue weighted by atomic mass is 9.91. The first-order chi connectivity index (χ1) is 15.1. The number of halogens is 1. The smallest absolute Gasteiger partial charge is 0.295 e. The van der Waals surface area contributed by atoms with E-state index in [2.05, 4.69) is 36.5 Å². The van der Waals surface area contributed by atoms with Gasteiger partial charge in [0.2, 0.25) is 5.09 Å². The molecule has 5 nitrogen and oxygen atoms in total. The molecule has 0 aliphatic rings. The molecule has 0 saturated carbocycles. The topological polar surface area (TPSA) is 72.2 Å². The van der Waals surface area contributed by atoms with Gasteiger partial charge in [0.25, 0.3) is 10.0 Å². The fourth-order valence-corrected chi connectivity index (χ4v) is 5.34. The average Bonchev–Trinajstić information content (AvgIpc) is 3.18. The lowest BCUT2D eigenvalue weighted by Crippen LogP contribution is -2.13. The molecule has 8 heteroatoms. The molecule has 0 amide bonds. The van der Waals surface area contributed by atoms with E-state index in [-0.39, 0.29) is 10.5 Å². The van der Waals surface area contributed by atoms with E-state index in [1.807, 2.05) is 24.4 Å². The average molecular weight is 487 g/mol. The molecule has 0 unspecified atom stereocenters. The van der Waals surface area contributed by atoms with E-state index in [1.54, 1.807) is 30.3 Å². The Balaban J connectivity index is 1.58. The minimum Gasteiger partial charge on any atom is -0.443 e. The van der Waals surface area contributed by atoms with Gasteiger partial charge in [-0.15, -0.1) is 11.8 Å². The standard InChI is InChI=1S/C24H23ClN2O3S2/c1-24(2,3)22-12-16(10-11-26-22)15-31-21-9-8-18(25)14-19(21)27-32(28,29)23-13-17-6-4-5-7-20(17)30-23/h4-14,27H,15H2,1-3H3. The molecule has 4 rings (SSSR count). The van der Waals surface area contributed by atoms with Crippen LogP contribution in [-0.2, 0) is 21.2 Å². The van der Waals surface area contributed by atoms with Gasteiger partial charge in [-0.05, 0) is 42.0 Å². The Morgan fingerprint density at radius 2 is 1.84 bits per heavy atom. The summed E-state index contributed by atoms with van der Waals surface area (Å²) in [5, 5.41) is 1.02. The van der Waals surface area contributed by atoms with Gasteiger partial charge in [-0.3, -0.25) is 9.71 Å². The zero-order chi connectivity index (χ0) is 22.9. The third-order valence-corrected chi connectivity index (χ3v) is 7.44. The van der Waals surface area contributed by atoms with E-state index in [9.17, 15) is 8.42 Å². The first-order valence-corrected chi connectivity index (χ1v) is 12.9. The number of thioether (sulfide) groups is 1. The van der Waals surface area contributed by atoms with Gasteiger partial charge in [-0.2, -0.15) is 8.42 Å². The van der Waals surface area contributed by atoms with E-state index in [0.29, 0.717) is 22.0 Å². The fourth-order valence-electron chi connectivity index (χ4n) is 3.13. The molecule has 0 saturated heterocycles. The molecule has 4 aromatic rings. The summed E-state index contributed by atoms with van der Waals surface area (Å²) in [4.78, 5) is 5.23. The zero-order valence-corrected chi connectivity index (χ0v) is 20.3. The summed E-state index contributed by atoms with van der Waals surface area (Å²) in [5.41, 5.74) is 3.00. The number of benzene rings is 2. The molecule has 0 radical (unpaired) electrons. The number of hydrogen-bond donors (Lipinski definition) is 1. The molecule has 0 fully saturated rings. The van der Waals surface area contributed by atoms with E-state index in [4.69, 9.17) is 16.0 Å². The van der Waals surface area contributed by atoms with Crippen LogP contribution < -0.4 is 4.72 Å². The van der Waals surface area contributed by atoms with Gasteiger partial charge < -0.3 is 4.42 Å². The summed E-state index contributed by atoms with van der Waals surface area (Å²) >= 11 is 7.69. The molecule has 2 aromatic carbocycles. The highest BCUT2D eigenvalue weighted by Gasteiger charge is 2.21. The van der Waals surface area contributed by atoms with Crippen LogP contribution in [0.2, 0.25) is 5.02 Å². The minimum absolute atomic E-state index is 0.0473. The van der Waals surface area contributed by atoms with Crippen LogP contribution in [0.5, 0.6) is 0 Å². The summed E-state index contributed by atoms with van der Waals surface area (Å²) < 4.78 is 34.2. The van der Waals surface area contributed by atoms with Gasteiger partial charge in [-0.25, -0.2) is 0 Å². The van der Waals surface area contributed by atoms with E-state index >= 15 is 0 Å². The first kappa shape index (κ1) is 22.7. The number of fused-ring (bicyclic) bond motifs is 1. The van der Waals surface area contributed by atoms with Crippen molar-refractivity contribution in [2.75, 3.05) is 4.72 Å². The maximum atomic E-state index is 13.0. The summed E-state index contributed by atoms with van der Waals surface area (Å²) in [7, 11) is -3.92. The summed E-state index contributed by atoms with van der Waals surface area (Å²) in [6.45, 7) is 6.36. The maximum absolute atomic E-state index is 13.0. The van der Waals surface area contributed by atoms with Crippen LogP contribution in [0.4, 0.5) is 5.69 Å². The molecule has 0 aliphatic heterocycles. The SMILES string of the molecule is CC(C)(C)c1cc(CSc2ccc(Cl)cc2NS(=O)(=O)c2cc3ccccc3o2)ccn1. The Bertz CT molecular complexity index is 1340. The number of pyridine rings is 1. The molecule has 0 aliphatic carbocycles. The molecule has 1 N–H and O–H groups in total. The van der Waals surface area contributed by atoms with Crippen LogP contribution in [0, 0.1) is 0 Å². The molecule has 166 valence electrons. The molecule has 2 aromatic heterocycles. The Hall–Kier alpha value is -2.48. The van der Waals surface area contributed by atoms with Gasteiger partial charge in [0.1, 0.15) is 5.58 Å². The van der Waals surface area contributed by atoms with E-state index < -0.39 is 10.0 Å². The quantitative estimate of drug-likeness (QED) is 0.301. The molecular weight excluding hydrogens is 464 g/mol. The Labute approximate surface area is 197 Å². The Morgan fingerprint density at radius 3 is 2.59 bits per heavy atom. The van der Waals surface area contributed by atoms with Crippen molar-refractivity contribution < 1.29 is 12.8 Å². The highest BCUT2D eigenvalue weighted by atomic mass is 35.5. The van der Waals surface area contributed by atoms with Crippen LogP contribution >= 0.6 is 23.4 Å². The van der Waals surface area contributed by atoms with Crippen LogP contribution in [0.15, 0.2) is 81.3 Å². The van der Waals surface area contributed by atoms with Gasteiger partial charge in [0, 0.05) is 44.4 Å². The Morgan fingerprint density at radius 1 is 1.06 bits per heavy atom. The van der Waals surface area contributed by atoms with Crippen molar-refractivity contribution in [2.45, 2.75) is 41.9 Å². The van der Waals surface area contributed by atoms with Crippen molar-refractivity contribution in [1.82, 2.24) is 4.98 Å². The van der Waals surface area contributed by atoms with Crippen molar-refractivity contribution in [3.63, 3.8) is 0 Å². The van der Waals surface area contributed by atoms with Crippen LogP contribution in [0.3, 0.4) is 0 Å². The zero-order valence-electron chi connectivity index (χ0n) is 17.9. The lowest BCUT2D eigenvalue weighted by molar-refractivity contribution is 0.484. The number of nitrogens with one attached hydrogen (secondary N) is 1. The summed E-state index contributed by atoms with van der Waals surface area (Å²) in [6, 6.07) is 17.9. The molecule has 0 bridgehead atoms. The molecule has 2 heterocycles. The molecule has 0 spiro atoms. The number of rotatable bonds is 6. The summed E-state index contributed by atoms with van der Waals surface area (Å²) in [5.74, 6) is 0.659. The predicted molar refractivity (Wildman–Crippen MR) is 131 cm³/mol. The second-order valence-electron chi connectivity index (χ2n) is 8.44. The van der Waals surface area contributed by atoms with Crippen molar-refractivity contribution in [1.29, 1.82) is 0 Å². The van der Waals surface area contributed by atoms with E-state index in [1.165, 1.54) is 17.8 Å². The highest BCUT2D eigenvalue weighted by molar-refractivity contribution is 7.98. The fraction of sp³-hybridized carbons (Fsp3) is 0.208. The number of sulfonamides is 1. The number of aromatic nitrogens is 1. The summed E-state index contributed by atoms with van der Waals surface area (Å²) in [6.07, 6.45) is 1.81. The third kappa shape index (κ3) is 5.11. The largest absolute Gasteiger partial charge is 0.443 e. The lowest BCUT2D eigenvalue weighted by Gasteiger charge is -2.18. The Kier molecular flexibility index (Phi) is 6.25. The first-order valence-electron chi connectivity index (χ1n) is 10.0. The molecule has 0 atom stereocenters. The minimum atomic E-state index is -3.92. The van der Waals surface area contributed by atoms with Gasteiger partial charge in [-0.1, -0.05) is 50.6 Å². The van der Waals surface area contributed by atoms with Crippen molar-refractivity contribution >= 4 is 50.0 Å². The van der Waals surface area contributed by atoms with Crippen molar-refractivity contribution in [2.24, 2.45) is 0 Å². The van der Waals surface area contributed by atoms with Gasteiger partial charge >= 0.3 is 0 Å². The third-order valence-electron chi connectivity index (χ3n) is 4.84. The number of nitrogens with zero attached hydrogens (tertiary/aromatic N) is 1. The molecule has 32 heavy (non-hydrogen) atoms. The number of anilines is 1. The van der Waals surface area contributed by atoms with Crippen molar-refractivity contribution in [3.8, 4) is 0 Å². The number of hydrogen-bond acceptors (Lipinski definition) is 5. The van der Waals surface area contributed by atoms with Crippen molar-refractivity contribution in [3.05, 3.63) is 83.1 Å².